The first-order chi connectivity index (χ1) is 13.8. The molecule has 0 atom stereocenters. The van der Waals surface area contributed by atoms with Crippen LogP contribution >= 0.6 is 31.9 Å². The van der Waals surface area contributed by atoms with E-state index >= 15 is 0 Å². The van der Waals surface area contributed by atoms with Gasteiger partial charge in [-0.05, 0) is 80.8 Å². The number of amides is 1. The normalized spacial score (nSPS) is 14.0. The second-order valence-corrected chi connectivity index (χ2v) is 8.51. The number of ketones is 1. The summed E-state index contributed by atoms with van der Waals surface area (Å²) in [7, 11) is 0. The maximum Gasteiger partial charge on any atom is 0.256 e. The van der Waals surface area contributed by atoms with Crippen LogP contribution < -0.4 is 5.32 Å². The molecule has 29 heavy (non-hydrogen) atoms. The number of fused-ring (bicyclic) bond motifs is 1. The van der Waals surface area contributed by atoms with Crippen molar-refractivity contribution in [2.45, 2.75) is 6.92 Å². The molecule has 1 amide bonds. The van der Waals surface area contributed by atoms with Crippen LogP contribution in [0.5, 0.6) is 5.75 Å². The summed E-state index contributed by atoms with van der Waals surface area (Å²) < 4.78 is 1.03. The third-order valence-corrected chi connectivity index (χ3v) is 5.94. The molecule has 0 spiro atoms. The topological polar surface area (TPSA) is 66.4 Å². The Hall–Kier alpha value is -2.70. The lowest BCUT2D eigenvalue weighted by Gasteiger charge is -2.06. The molecule has 2 N–H and O–H groups in total. The van der Waals surface area contributed by atoms with Gasteiger partial charge >= 0.3 is 0 Å². The van der Waals surface area contributed by atoms with Crippen molar-refractivity contribution in [1.29, 1.82) is 0 Å². The Balaban J connectivity index is 1.76. The number of hydrogen-bond acceptors (Lipinski definition) is 3. The number of hydrogen-bond donors (Lipinski definition) is 2. The average molecular weight is 513 g/mol. The molecule has 4 nitrogen and oxygen atoms in total. The van der Waals surface area contributed by atoms with Crippen LogP contribution in [-0.4, -0.2) is 16.8 Å². The van der Waals surface area contributed by atoms with E-state index in [1.807, 2.05) is 19.1 Å². The lowest BCUT2D eigenvalue weighted by atomic mass is 9.97. The molecule has 1 aliphatic heterocycles. The maximum atomic E-state index is 12.9. The summed E-state index contributed by atoms with van der Waals surface area (Å²) in [6.07, 6.45) is 1.73. The molecule has 0 aliphatic carbocycles. The summed E-state index contributed by atoms with van der Waals surface area (Å²) in [5.41, 5.74) is 4.74. The molecule has 0 aromatic heterocycles. The minimum Gasteiger partial charge on any atom is -0.506 e. The summed E-state index contributed by atoms with van der Waals surface area (Å²) in [4.78, 5) is 25.4. The molecule has 144 valence electrons. The molecule has 1 heterocycles. The molecular formula is C23H15Br2NO3. The van der Waals surface area contributed by atoms with Crippen molar-refractivity contribution < 1.29 is 14.7 Å². The van der Waals surface area contributed by atoms with Crippen LogP contribution in [0.1, 0.15) is 32.6 Å². The number of carbonyl (C=O) groups is 2. The van der Waals surface area contributed by atoms with Crippen LogP contribution in [0, 0.1) is 6.92 Å². The predicted molar refractivity (Wildman–Crippen MR) is 121 cm³/mol. The lowest BCUT2D eigenvalue weighted by Crippen LogP contribution is -2.03. The summed E-state index contributed by atoms with van der Waals surface area (Å²) in [6, 6.07) is 16.1. The van der Waals surface area contributed by atoms with Crippen LogP contribution in [-0.2, 0) is 4.79 Å². The molecule has 0 saturated heterocycles. The van der Waals surface area contributed by atoms with Gasteiger partial charge in [0.25, 0.3) is 5.91 Å². The largest absolute Gasteiger partial charge is 0.506 e. The maximum absolute atomic E-state index is 12.9. The Morgan fingerprint density at radius 3 is 2.24 bits per heavy atom. The first-order valence-corrected chi connectivity index (χ1v) is 10.4. The fraction of sp³-hybridized carbons (Fsp3) is 0.0435. The van der Waals surface area contributed by atoms with Crippen LogP contribution in [0.3, 0.4) is 0 Å². The van der Waals surface area contributed by atoms with Crippen molar-refractivity contribution in [3.63, 3.8) is 0 Å². The Bertz CT molecular complexity index is 1170. The van der Waals surface area contributed by atoms with Gasteiger partial charge in [0.1, 0.15) is 5.75 Å². The van der Waals surface area contributed by atoms with Crippen molar-refractivity contribution in [1.82, 2.24) is 0 Å². The van der Waals surface area contributed by atoms with E-state index in [4.69, 9.17) is 0 Å². The van der Waals surface area contributed by atoms with E-state index in [1.165, 1.54) is 0 Å². The van der Waals surface area contributed by atoms with Crippen LogP contribution in [0.4, 0.5) is 5.69 Å². The summed E-state index contributed by atoms with van der Waals surface area (Å²) in [5, 5.41) is 12.7. The number of aromatic hydroxyl groups is 1. The number of anilines is 1. The molecule has 6 heteroatoms. The summed E-state index contributed by atoms with van der Waals surface area (Å²) in [6.45, 7) is 1.97. The van der Waals surface area contributed by atoms with Gasteiger partial charge in [-0.3, -0.25) is 9.59 Å². The molecule has 3 aromatic rings. The number of nitrogens with one attached hydrogen (secondary N) is 1. The van der Waals surface area contributed by atoms with E-state index in [-0.39, 0.29) is 17.4 Å². The third-order valence-electron chi connectivity index (χ3n) is 4.73. The fourth-order valence-corrected chi connectivity index (χ4v) is 4.40. The number of rotatable bonds is 3. The highest BCUT2D eigenvalue weighted by Crippen LogP contribution is 2.37. The predicted octanol–water partition coefficient (Wildman–Crippen LogP) is 5.95. The first kappa shape index (κ1) is 19.6. The van der Waals surface area contributed by atoms with Crippen molar-refractivity contribution in [2.24, 2.45) is 0 Å². The molecule has 0 fully saturated rings. The Morgan fingerprint density at radius 1 is 0.966 bits per heavy atom. The fourth-order valence-electron chi connectivity index (χ4n) is 3.18. The van der Waals surface area contributed by atoms with E-state index < -0.39 is 0 Å². The lowest BCUT2D eigenvalue weighted by molar-refractivity contribution is -0.110. The van der Waals surface area contributed by atoms with Gasteiger partial charge in [-0.25, -0.2) is 0 Å². The Morgan fingerprint density at radius 2 is 1.59 bits per heavy atom. The summed E-state index contributed by atoms with van der Waals surface area (Å²) >= 11 is 6.60. The zero-order valence-corrected chi connectivity index (χ0v) is 18.5. The number of aryl methyl sites for hydroxylation is 1. The number of phenols is 1. The SMILES string of the molecule is Cc1ccc(C(=O)c2ccc3c(c2)/C(=C/c2cc(Br)c(O)c(Br)c2)C(=O)N3)cc1. The standard InChI is InChI=1S/C23H15Br2NO3/c1-12-2-4-14(5-3-12)21(27)15-6-7-20-16(11-15)17(23(29)26-20)8-13-9-18(24)22(28)19(25)10-13/h2-11,28H,1H3,(H,26,29)/b17-8-. The van der Waals surface area contributed by atoms with Crippen molar-refractivity contribution >= 4 is 60.9 Å². The van der Waals surface area contributed by atoms with Crippen molar-refractivity contribution in [3.05, 3.63) is 91.4 Å². The van der Waals surface area contributed by atoms with E-state index in [0.29, 0.717) is 36.9 Å². The van der Waals surface area contributed by atoms with E-state index in [9.17, 15) is 14.7 Å². The highest BCUT2D eigenvalue weighted by molar-refractivity contribution is 9.11. The van der Waals surface area contributed by atoms with Gasteiger partial charge in [0.05, 0.1) is 8.95 Å². The smallest absolute Gasteiger partial charge is 0.256 e. The highest BCUT2D eigenvalue weighted by atomic mass is 79.9. The summed E-state index contributed by atoms with van der Waals surface area (Å²) in [5.74, 6) is -0.240. The molecule has 0 saturated carbocycles. The van der Waals surface area contributed by atoms with E-state index in [0.717, 1.165) is 11.1 Å². The number of benzene rings is 3. The molecule has 0 bridgehead atoms. The molecule has 0 unspecified atom stereocenters. The highest BCUT2D eigenvalue weighted by Gasteiger charge is 2.25. The van der Waals surface area contributed by atoms with Gasteiger partial charge in [0, 0.05) is 28.0 Å². The zero-order valence-electron chi connectivity index (χ0n) is 15.3. The van der Waals surface area contributed by atoms with Gasteiger partial charge in [0.2, 0.25) is 0 Å². The van der Waals surface area contributed by atoms with Crippen LogP contribution in [0.25, 0.3) is 11.6 Å². The van der Waals surface area contributed by atoms with Gasteiger partial charge in [-0.2, -0.15) is 0 Å². The molecule has 3 aromatic carbocycles. The minimum atomic E-state index is -0.236. The van der Waals surface area contributed by atoms with Crippen molar-refractivity contribution in [2.75, 3.05) is 5.32 Å². The van der Waals surface area contributed by atoms with Gasteiger partial charge in [-0.1, -0.05) is 29.8 Å². The van der Waals surface area contributed by atoms with E-state index in [2.05, 4.69) is 37.2 Å². The molecule has 1 aliphatic rings. The second-order valence-electron chi connectivity index (χ2n) is 6.80. The molecule has 4 rings (SSSR count). The second kappa shape index (κ2) is 7.61. The Kier molecular flexibility index (Phi) is 5.15. The van der Waals surface area contributed by atoms with E-state index in [1.54, 1.807) is 48.5 Å². The first-order valence-electron chi connectivity index (χ1n) is 8.80. The van der Waals surface area contributed by atoms with Crippen molar-refractivity contribution in [3.8, 4) is 5.75 Å². The minimum absolute atomic E-state index is 0.0920. The van der Waals surface area contributed by atoms with Gasteiger partial charge in [0.15, 0.2) is 5.78 Å². The third kappa shape index (κ3) is 3.78. The number of halogens is 2. The number of carbonyl (C=O) groups excluding carboxylic acids is 2. The number of phenolic OH excluding ortho intramolecular Hbond substituents is 1. The average Bonchev–Trinajstić information content (AvgIpc) is 3.00. The van der Waals surface area contributed by atoms with Gasteiger partial charge in [-0.15, -0.1) is 0 Å². The van der Waals surface area contributed by atoms with Crippen LogP contribution in [0.2, 0.25) is 0 Å². The monoisotopic (exact) mass is 511 g/mol. The molecule has 0 radical (unpaired) electrons. The quantitative estimate of drug-likeness (QED) is 0.336. The van der Waals surface area contributed by atoms with Gasteiger partial charge < -0.3 is 10.4 Å². The zero-order chi connectivity index (χ0) is 20.7. The Labute approximate surface area is 184 Å². The van der Waals surface area contributed by atoms with Crippen LogP contribution in [0.15, 0.2) is 63.5 Å². The molecular weight excluding hydrogens is 498 g/mol.